The summed E-state index contributed by atoms with van der Waals surface area (Å²) in [5, 5.41) is 3.02. The molecule has 0 radical (unpaired) electrons. The minimum Gasteiger partial charge on any atom is -0.352 e. The average Bonchev–Trinajstić information content (AvgIpc) is 2.84. The van der Waals surface area contributed by atoms with Crippen LogP contribution in [-0.4, -0.2) is 17.9 Å². The van der Waals surface area contributed by atoms with Gasteiger partial charge in [-0.2, -0.15) is 0 Å². The molecule has 2 amide bonds. The standard InChI is InChI=1S/C20H28N2O2/c1-19-9-7-13(23)11-12(19)3-4-14-15-5-6-17(22-18(21)24)20(15,2)10-8-16(14)19/h7,9,11,14-17H,3-6,8,10H2,1-2H3,(H3,21,22,24)/t14-,15-,16-,17-,19-,20-/m0/s1. The van der Waals surface area contributed by atoms with E-state index in [1.54, 1.807) is 6.08 Å². The van der Waals surface area contributed by atoms with Crippen LogP contribution in [-0.2, 0) is 4.79 Å². The number of carbonyl (C=O) groups excluding carboxylic acids is 2. The molecule has 24 heavy (non-hydrogen) atoms. The van der Waals surface area contributed by atoms with Gasteiger partial charge >= 0.3 is 6.03 Å². The summed E-state index contributed by atoms with van der Waals surface area (Å²) in [5.74, 6) is 2.10. The molecule has 0 aromatic heterocycles. The molecule has 3 saturated carbocycles. The highest BCUT2D eigenvalue weighted by atomic mass is 16.2. The van der Waals surface area contributed by atoms with E-state index in [0.29, 0.717) is 17.8 Å². The lowest BCUT2D eigenvalue weighted by atomic mass is 9.48. The van der Waals surface area contributed by atoms with Crippen LogP contribution in [0.4, 0.5) is 4.79 Å². The zero-order valence-corrected chi connectivity index (χ0v) is 14.7. The largest absolute Gasteiger partial charge is 0.352 e. The van der Waals surface area contributed by atoms with Gasteiger partial charge in [-0.25, -0.2) is 4.79 Å². The van der Waals surface area contributed by atoms with Crippen molar-refractivity contribution < 1.29 is 9.59 Å². The number of carbonyl (C=O) groups is 2. The van der Waals surface area contributed by atoms with Gasteiger partial charge in [-0.15, -0.1) is 0 Å². The van der Waals surface area contributed by atoms with Crippen LogP contribution >= 0.6 is 0 Å². The first-order valence-corrected chi connectivity index (χ1v) is 9.35. The van der Waals surface area contributed by atoms with Crippen molar-refractivity contribution in [3.63, 3.8) is 0 Å². The van der Waals surface area contributed by atoms with Crippen molar-refractivity contribution in [2.45, 2.75) is 58.4 Å². The number of rotatable bonds is 1. The first-order chi connectivity index (χ1) is 11.3. The van der Waals surface area contributed by atoms with Crippen LogP contribution in [0.5, 0.6) is 0 Å². The summed E-state index contributed by atoms with van der Waals surface area (Å²) in [6.07, 6.45) is 12.6. The number of urea groups is 1. The molecule has 4 rings (SSSR count). The Kier molecular flexibility index (Phi) is 3.45. The van der Waals surface area contributed by atoms with Crippen molar-refractivity contribution in [3.05, 3.63) is 23.8 Å². The van der Waals surface area contributed by atoms with Crippen molar-refractivity contribution in [2.75, 3.05) is 0 Å². The highest BCUT2D eigenvalue weighted by Crippen LogP contribution is 2.64. The molecule has 4 nitrogen and oxygen atoms in total. The molecular formula is C20H28N2O2. The molecular weight excluding hydrogens is 300 g/mol. The predicted molar refractivity (Wildman–Crippen MR) is 93.1 cm³/mol. The van der Waals surface area contributed by atoms with Crippen LogP contribution < -0.4 is 11.1 Å². The molecule has 0 aromatic carbocycles. The van der Waals surface area contributed by atoms with Gasteiger partial charge < -0.3 is 11.1 Å². The van der Waals surface area contributed by atoms with Crippen LogP contribution in [0.1, 0.15) is 52.4 Å². The van der Waals surface area contributed by atoms with Crippen molar-refractivity contribution >= 4 is 11.8 Å². The molecule has 0 bridgehead atoms. The molecule has 3 N–H and O–H groups in total. The normalized spacial score (nSPS) is 46.6. The van der Waals surface area contributed by atoms with Crippen LogP contribution in [0.2, 0.25) is 0 Å². The lowest BCUT2D eigenvalue weighted by Gasteiger charge is -2.57. The summed E-state index contributed by atoms with van der Waals surface area (Å²) in [4.78, 5) is 23.2. The second kappa shape index (κ2) is 5.21. The first kappa shape index (κ1) is 15.9. The molecule has 0 heterocycles. The first-order valence-electron chi connectivity index (χ1n) is 9.35. The number of fused-ring (bicyclic) bond motifs is 5. The maximum atomic E-state index is 11.8. The summed E-state index contributed by atoms with van der Waals surface area (Å²) in [6.45, 7) is 4.69. The molecule has 4 heteroatoms. The van der Waals surface area contributed by atoms with E-state index in [-0.39, 0.29) is 22.7 Å². The van der Waals surface area contributed by atoms with Crippen LogP contribution in [0.25, 0.3) is 0 Å². The van der Waals surface area contributed by atoms with Gasteiger partial charge in [0.25, 0.3) is 0 Å². The third-order valence-electron chi connectivity index (χ3n) is 7.87. The number of nitrogens with one attached hydrogen (secondary N) is 1. The Morgan fingerprint density at radius 1 is 1.21 bits per heavy atom. The fourth-order valence-electron chi connectivity index (χ4n) is 6.61. The maximum absolute atomic E-state index is 11.8. The van der Waals surface area contributed by atoms with Gasteiger partial charge in [-0.3, -0.25) is 4.79 Å². The summed E-state index contributed by atoms with van der Waals surface area (Å²) in [7, 11) is 0. The number of hydrogen-bond donors (Lipinski definition) is 2. The van der Waals surface area contributed by atoms with Crippen molar-refractivity contribution in [1.29, 1.82) is 0 Å². The monoisotopic (exact) mass is 328 g/mol. The molecule has 0 saturated heterocycles. The number of primary amides is 1. The van der Waals surface area contributed by atoms with Gasteiger partial charge in [0.1, 0.15) is 0 Å². The van der Waals surface area contributed by atoms with E-state index in [4.69, 9.17) is 5.73 Å². The van der Waals surface area contributed by atoms with E-state index in [9.17, 15) is 9.59 Å². The van der Waals surface area contributed by atoms with Gasteiger partial charge in [0.2, 0.25) is 0 Å². The van der Waals surface area contributed by atoms with Crippen molar-refractivity contribution in [2.24, 2.45) is 34.3 Å². The minimum atomic E-state index is -0.390. The molecule has 0 spiro atoms. The number of ketones is 1. The Hall–Kier alpha value is -1.58. The van der Waals surface area contributed by atoms with Crippen LogP contribution in [0, 0.1) is 28.6 Å². The highest BCUT2D eigenvalue weighted by molar-refractivity contribution is 6.01. The van der Waals surface area contributed by atoms with Gasteiger partial charge in [-0.1, -0.05) is 25.5 Å². The summed E-state index contributed by atoms with van der Waals surface area (Å²) in [6, 6.07) is -0.173. The van der Waals surface area contributed by atoms with E-state index in [2.05, 4.69) is 25.2 Å². The fraction of sp³-hybridized carbons (Fsp3) is 0.700. The number of hydrogen-bond acceptors (Lipinski definition) is 2. The number of amides is 2. The molecule has 130 valence electrons. The maximum Gasteiger partial charge on any atom is 0.312 e. The Bertz CT molecular complexity index is 652. The Balaban J connectivity index is 1.63. The van der Waals surface area contributed by atoms with Crippen molar-refractivity contribution in [3.8, 4) is 0 Å². The van der Waals surface area contributed by atoms with Gasteiger partial charge in [0.05, 0.1) is 0 Å². The summed E-state index contributed by atoms with van der Waals surface area (Å²) in [5.41, 5.74) is 6.96. The Labute approximate surface area is 143 Å². The van der Waals surface area contributed by atoms with Crippen LogP contribution in [0.15, 0.2) is 23.8 Å². The highest BCUT2D eigenvalue weighted by Gasteiger charge is 2.58. The zero-order chi connectivity index (χ0) is 17.1. The van der Waals surface area contributed by atoms with Crippen LogP contribution in [0.3, 0.4) is 0 Å². The smallest absolute Gasteiger partial charge is 0.312 e. The van der Waals surface area contributed by atoms with E-state index >= 15 is 0 Å². The topological polar surface area (TPSA) is 72.2 Å². The lowest BCUT2D eigenvalue weighted by molar-refractivity contribution is -0.111. The van der Waals surface area contributed by atoms with E-state index in [0.717, 1.165) is 19.3 Å². The summed E-state index contributed by atoms with van der Waals surface area (Å²) >= 11 is 0. The molecule has 0 aliphatic heterocycles. The lowest BCUT2D eigenvalue weighted by Crippen LogP contribution is -2.54. The van der Waals surface area contributed by atoms with Gasteiger partial charge in [-0.05, 0) is 73.8 Å². The predicted octanol–water partition coefficient (Wildman–Crippen LogP) is 3.33. The fourth-order valence-corrected chi connectivity index (χ4v) is 6.61. The molecule has 3 fully saturated rings. The molecule has 0 unspecified atom stereocenters. The second-order valence-electron chi connectivity index (χ2n) is 8.79. The Morgan fingerprint density at radius 2 is 2.00 bits per heavy atom. The second-order valence-corrected chi connectivity index (χ2v) is 8.79. The van der Waals surface area contributed by atoms with E-state index < -0.39 is 6.03 Å². The number of allylic oxidation sites excluding steroid dienone is 4. The zero-order valence-electron chi connectivity index (χ0n) is 14.7. The van der Waals surface area contributed by atoms with E-state index in [1.165, 1.54) is 24.8 Å². The molecule has 4 aliphatic rings. The van der Waals surface area contributed by atoms with E-state index in [1.807, 2.05) is 6.08 Å². The molecule has 4 aliphatic carbocycles. The van der Waals surface area contributed by atoms with Gasteiger partial charge in [0.15, 0.2) is 5.78 Å². The average molecular weight is 328 g/mol. The molecule has 0 aromatic rings. The van der Waals surface area contributed by atoms with Gasteiger partial charge in [0, 0.05) is 11.5 Å². The SMILES string of the molecule is C[C@]12CC[C@H]3[C@@H](CCC4=CC(=O)C=C[C@@]43C)[C@@H]1CC[C@@H]2NC(N)=O. The number of nitrogens with two attached hydrogens (primary N) is 1. The third kappa shape index (κ3) is 2.11. The summed E-state index contributed by atoms with van der Waals surface area (Å²) < 4.78 is 0. The van der Waals surface area contributed by atoms with Crippen molar-refractivity contribution in [1.82, 2.24) is 5.32 Å². The third-order valence-corrected chi connectivity index (χ3v) is 7.87. The minimum absolute atomic E-state index is 0.0490. The molecule has 6 atom stereocenters. The quantitative estimate of drug-likeness (QED) is 0.775. The Morgan fingerprint density at radius 3 is 2.75 bits per heavy atom.